The summed E-state index contributed by atoms with van der Waals surface area (Å²) in [4.78, 5) is 4.20. The first-order valence-electron chi connectivity index (χ1n) is 8.09. The second kappa shape index (κ2) is 17.3. The van der Waals surface area contributed by atoms with Crippen LogP contribution < -0.4 is 4.74 Å². The van der Waals surface area contributed by atoms with Gasteiger partial charge in [-0.25, -0.2) is 4.98 Å². The van der Waals surface area contributed by atoms with Crippen molar-refractivity contribution in [3.63, 3.8) is 0 Å². The van der Waals surface area contributed by atoms with Crippen LogP contribution in [0.2, 0.25) is 0 Å². The van der Waals surface area contributed by atoms with E-state index in [0.717, 1.165) is 23.2 Å². The molecule has 0 unspecified atom stereocenters. The predicted octanol–water partition coefficient (Wildman–Crippen LogP) is 5.40. The zero-order valence-electron chi connectivity index (χ0n) is 16.4. The molecule has 4 nitrogen and oxygen atoms in total. The van der Waals surface area contributed by atoms with Crippen molar-refractivity contribution in [1.29, 1.82) is 0 Å². The van der Waals surface area contributed by atoms with Crippen LogP contribution in [-0.4, -0.2) is 30.9 Å². The molecule has 1 aromatic carbocycles. The van der Waals surface area contributed by atoms with Crippen molar-refractivity contribution >= 4 is 11.0 Å². The summed E-state index contributed by atoms with van der Waals surface area (Å²) in [5.74, 6) is 0.867. The molecule has 0 saturated carbocycles. The van der Waals surface area contributed by atoms with Gasteiger partial charge in [-0.1, -0.05) is 31.6 Å². The molecule has 1 aromatic heterocycles. The quantitative estimate of drug-likeness (QED) is 0.705. The SMILES string of the molecule is C/C=C\C.C=CCCC.COC.COc1ccc2ncn(C)c2c1. The fourth-order valence-electron chi connectivity index (χ4n) is 1.44. The van der Waals surface area contributed by atoms with Gasteiger partial charge in [0.1, 0.15) is 5.75 Å². The Morgan fingerprint density at radius 3 is 2.12 bits per heavy atom. The van der Waals surface area contributed by atoms with Crippen molar-refractivity contribution in [1.82, 2.24) is 9.55 Å². The number of imidazole rings is 1. The first-order chi connectivity index (χ1) is 11.6. The third-order valence-corrected chi connectivity index (χ3v) is 2.76. The van der Waals surface area contributed by atoms with Gasteiger partial charge in [-0.05, 0) is 32.4 Å². The normalized spacial score (nSPS) is 9.12. The number of aryl methyl sites for hydroxylation is 1. The molecule has 0 saturated heterocycles. The molecule has 0 bridgehead atoms. The van der Waals surface area contributed by atoms with Crippen molar-refractivity contribution in [2.24, 2.45) is 7.05 Å². The Hall–Kier alpha value is -2.07. The van der Waals surface area contributed by atoms with Crippen LogP contribution in [0, 0.1) is 0 Å². The largest absolute Gasteiger partial charge is 0.497 e. The van der Waals surface area contributed by atoms with Crippen LogP contribution in [0.25, 0.3) is 11.0 Å². The molecular formula is C20H34N2O2. The molecule has 0 N–H and O–H groups in total. The first-order valence-corrected chi connectivity index (χ1v) is 8.09. The molecule has 0 aliphatic heterocycles. The van der Waals surface area contributed by atoms with E-state index in [4.69, 9.17) is 4.74 Å². The molecule has 2 rings (SSSR count). The van der Waals surface area contributed by atoms with Gasteiger partial charge in [0, 0.05) is 27.3 Å². The van der Waals surface area contributed by atoms with Gasteiger partial charge in [-0.15, -0.1) is 6.58 Å². The van der Waals surface area contributed by atoms with Crippen molar-refractivity contribution in [3.05, 3.63) is 49.3 Å². The standard InChI is InChI=1S/C9H10N2O.C5H10.C4H8.C2H6O/c1-11-6-10-8-4-3-7(12-2)5-9(8)11;1-3-5-4-2;1-3-4-2;1-3-2/h3-6H,1-2H3;3H,1,4-5H2,2H3;3-4H,1-2H3;1-2H3/b;;4-3-;. The maximum Gasteiger partial charge on any atom is 0.121 e. The second-order valence-electron chi connectivity index (χ2n) is 4.86. The number of fused-ring (bicyclic) bond motifs is 1. The topological polar surface area (TPSA) is 36.3 Å². The lowest BCUT2D eigenvalue weighted by molar-refractivity contribution is 0.277. The van der Waals surface area contributed by atoms with Gasteiger partial charge in [0.25, 0.3) is 0 Å². The Kier molecular flexibility index (Phi) is 17.4. The van der Waals surface area contributed by atoms with Crippen LogP contribution in [0.5, 0.6) is 5.75 Å². The number of benzene rings is 1. The number of allylic oxidation sites excluding steroid dienone is 3. The number of hydrogen-bond acceptors (Lipinski definition) is 3. The zero-order chi connectivity index (χ0) is 18.8. The Bertz CT molecular complexity index is 556. The molecule has 0 radical (unpaired) electrons. The lowest BCUT2D eigenvalue weighted by atomic mass is 10.3. The van der Waals surface area contributed by atoms with Gasteiger partial charge in [-0.3, -0.25) is 0 Å². The summed E-state index contributed by atoms with van der Waals surface area (Å²) in [7, 11) is 6.88. The van der Waals surface area contributed by atoms with Crippen LogP contribution in [0.15, 0.2) is 49.3 Å². The fourth-order valence-corrected chi connectivity index (χ4v) is 1.44. The predicted molar refractivity (Wildman–Crippen MR) is 106 cm³/mol. The summed E-state index contributed by atoms with van der Waals surface area (Å²) in [6, 6.07) is 5.84. The van der Waals surface area contributed by atoms with Crippen molar-refractivity contribution in [3.8, 4) is 5.75 Å². The van der Waals surface area contributed by atoms with E-state index in [9.17, 15) is 0 Å². The molecule has 2 aromatic rings. The van der Waals surface area contributed by atoms with Crippen LogP contribution >= 0.6 is 0 Å². The Balaban J connectivity index is 0. The van der Waals surface area contributed by atoms with Gasteiger partial charge in [0.2, 0.25) is 0 Å². The molecule has 0 amide bonds. The number of nitrogens with zero attached hydrogens (tertiary/aromatic N) is 2. The van der Waals surface area contributed by atoms with E-state index in [2.05, 4.69) is 23.2 Å². The molecular weight excluding hydrogens is 300 g/mol. The van der Waals surface area contributed by atoms with Gasteiger partial charge in [0.05, 0.1) is 24.5 Å². The number of unbranched alkanes of at least 4 members (excludes halogenated alkanes) is 1. The smallest absolute Gasteiger partial charge is 0.121 e. The van der Waals surface area contributed by atoms with E-state index in [1.54, 1.807) is 27.7 Å². The van der Waals surface area contributed by atoms with E-state index in [-0.39, 0.29) is 0 Å². The average molecular weight is 335 g/mol. The first kappa shape index (κ1) is 24.2. The number of aromatic nitrogens is 2. The summed E-state index contributed by atoms with van der Waals surface area (Å²) >= 11 is 0. The Labute approximate surface area is 147 Å². The minimum absolute atomic E-state index is 0.867. The number of methoxy groups -OCH3 is 2. The highest BCUT2D eigenvalue weighted by molar-refractivity contribution is 5.76. The van der Waals surface area contributed by atoms with Crippen molar-refractivity contribution in [2.75, 3.05) is 21.3 Å². The molecule has 136 valence electrons. The highest BCUT2D eigenvalue weighted by atomic mass is 16.5. The van der Waals surface area contributed by atoms with E-state index in [0.29, 0.717) is 0 Å². The van der Waals surface area contributed by atoms with E-state index >= 15 is 0 Å². The maximum atomic E-state index is 5.11. The molecule has 0 aliphatic rings. The van der Waals surface area contributed by atoms with E-state index < -0.39 is 0 Å². The van der Waals surface area contributed by atoms with Crippen LogP contribution in [0.1, 0.15) is 33.6 Å². The van der Waals surface area contributed by atoms with Gasteiger partial charge < -0.3 is 14.0 Å². The van der Waals surface area contributed by atoms with Crippen LogP contribution in [-0.2, 0) is 11.8 Å². The van der Waals surface area contributed by atoms with Gasteiger partial charge in [-0.2, -0.15) is 0 Å². The molecule has 0 fully saturated rings. The number of rotatable bonds is 3. The molecule has 24 heavy (non-hydrogen) atoms. The molecule has 4 heteroatoms. The Morgan fingerprint density at radius 2 is 1.75 bits per heavy atom. The molecule has 0 aliphatic carbocycles. The number of ether oxygens (including phenoxy) is 2. The molecule has 0 atom stereocenters. The maximum absolute atomic E-state index is 5.11. The molecule has 0 spiro atoms. The Morgan fingerprint density at radius 1 is 1.17 bits per heavy atom. The van der Waals surface area contributed by atoms with E-state index in [1.807, 2.05) is 61.9 Å². The average Bonchev–Trinajstić information content (AvgIpc) is 2.97. The minimum Gasteiger partial charge on any atom is -0.497 e. The highest BCUT2D eigenvalue weighted by Crippen LogP contribution is 2.18. The third kappa shape index (κ3) is 11.5. The van der Waals surface area contributed by atoms with Crippen LogP contribution in [0.4, 0.5) is 0 Å². The minimum atomic E-state index is 0.867. The number of hydrogen-bond donors (Lipinski definition) is 0. The monoisotopic (exact) mass is 334 g/mol. The van der Waals surface area contributed by atoms with Crippen molar-refractivity contribution < 1.29 is 9.47 Å². The summed E-state index contributed by atoms with van der Waals surface area (Å²) < 4.78 is 11.3. The summed E-state index contributed by atoms with van der Waals surface area (Å²) in [6.45, 7) is 9.69. The summed E-state index contributed by atoms with van der Waals surface area (Å²) in [6.07, 6.45) is 10.1. The second-order valence-corrected chi connectivity index (χ2v) is 4.86. The van der Waals surface area contributed by atoms with Crippen LogP contribution in [0.3, 0.4) is 0 Å². The zero-order valence-corrected chi connectivity index (χ0v) is 16.4. The van der Waals surface area contributed by atoms with Gasteiger partial charge >= 0.3 is 0 Å². The lowest BCUT2D eigenvalue weighted by Crippen LogP contribution is -1.86. The van der Waals surface area contributed by atoms with Gasteiger partial charge in [0.15, 0.2) is 0 Å². The lowest BCUT2D eigenvalue weighted by Gasteiger charge is -1.99. The third-order valence-electron chi connectivity index (χ3n) is 2.76. The highest BCUT2D eigenvalue weighted by Gasteiger charge is 1.99. The fraction of sp³-hybridized carbons (Fsp3) is 0.450. The van der Waals surface area contributed by atoms with E-state index in [1.165, 1.54) is 6.42 Å². The summed E-state index contributed by atoms with van der Waals surface area (Å²) in [5.41, 5.74) is 2.09. The molecule has 1 heterocycles. The van der Waals surface area contributed by atoms with Crippen molar-refractivity contribution in [2.45, 2.75) is 33.6 Å². The summed E-state index contributed by atoms with van der Waals surface area (Å²) in [5, 5.41) is 0.